The van der Waals surface area contributed by atoms with E-state index in [2.05, 4.69) is 10.1 Å². The molecule has 0 amide bonds. The van der Waals surface area contributed by atoms with E-state index in [4.69, 9.17) is 30.3 Å². The first-order valence-corrected chi connectivity index (χ1v) is 6.51. The molecule has 1 aromatic heterocycles. The molecule has 1 N–H and O–H groups in total. The van der Waals surface area contributed by atoms with Crippen molar-refractivity contribution in [2.75, 3.05) is 27.4 Å². The number of nitrogens with zero attached hydrogens (tertiary/aromatic N) is 2. The minimum absolute atomic E-state index is 0.120. The summed E-state index contributed by atoms with van der Waals surface area (Å²) in [5.74, 6) is 1.30. The van der Waals surface area contributed by atoms with Gasteiger partial charge in [0, 0.05) is 5.56 Å². The van der Waals surface area contributed by atoms with Crippen LogP contribution in [0.25, 0.3) is 11.4 Å². The van der Waals surface area contributed by atoms with E-state index in [1.807, 2.05) is 0 Å². The molecule has 1 aromatic carbocycles. The van der Waals surface area contributed by atoms with Crippen LogP contribution in [0.5, 0.6) is 11.5 Å². The van der Waals surface area contributed by atoms with Crippen molar-refractivity contribution < 1.29 is 23.8 Å². The minimum atomic E-state index is -1.20. The molecule has 7 nitrogen and oxygen atoms in total. The SMILES string of the molecule is COc1cc(-c2noc(C3(O)COC3)n2)cc(Cl)c1OC. The molecule has 1 saturated heterocycles. The Morgan fingerprint density at radius 2 is 2.05 bits per heavy atom. The number of hydrogen-bond acceptors (Lipinski definition) is 7. The van der Waals surface area contributed by atoms with E-state index in [0.29, 0.717) is 27.9 Å². The van der Waals surface area contributed by atoms with E-state index in [0.717, 1.165) is 0 Å². The largest absolute Gasteiger partial charge is 0.493 e. The Labute approximate surface area is 125 Å². The number of rotatable bonds is 4. The fourth-order valence-electron chi connectivity index (χ4n) is 2.00. The van der Waals surface area contributed by atoms with Gasteiger partial charge in [-0.05, 0) is 12.1 Å². The molecule has 0 unspecified atom stereocenters. The zero-order valence-electron chi connectivity index (χ0n) is 11.4. The van der Waals surface area contributed by atoms with Crippen LogP contribution in [0.4, 0.5) is 0 Å². The standard InChI is InChI=1S/C13H13ClN2O5/c1-18-9-4-7(3-8(14)10(9)19-2)11-15-12(21-16-11)13(17)5-20-6-13/h3-4,17H,5-6H2,1-2H3. The number of halogens is 1. The molecule has 3 rings (SSSR count). The monoisotopic (exact) mass is 312 g/mol. The van der Waals surface area contributed by atoms with E-state index in [9.17, 15) is 5.11 Å². The fraction of sp³-hybridized carbons (Fsp3) is 0.385. The van der Waals surface area contributed by atoms with Crippen LogP contribution in [-0.2, 0) is 10.3 Å². The van der Waals surface area contributed by atoms with Gasteiger partial charge in [-0.15, -0.1) is 0 Å². The molecule has 0 atom stereocenters. The van der Waals surface area contributed by atoms with Gasteiger partial charge in [-0.2, -0.15) is 4.98 Å². The molecule has 0 aliphatic carbocycles. The van der Waals surface area contributed by atoms with Crippen molar-refractivity contribution in [1.29, 1.82) is 0 Å². The van der Waals surface area contributed by atoms with Crippen LogP contribution >= 0.6 is 11.6 Å². The number of ether oxygens (including phenoxy) is 3. The van der Waals surface area contributed by atoms with Gasteiger partial charge in [0.15, 0.2) is 17.1 Å². The van der Waals surface area contributed by atoms with Crippen LogP contribution in [-0.4, -0.2) is 42.7 Å². The molecule has 1 fully saturated rings. The van der Waals surface area contributed by atoms with Gasteiger partial charge in [-0.25, -0.2) is 0 Å². The average Bonchev–Trinajstić information content (AvgIpc) is 2.93. The number of methoxy groups -OCH3 is 2. The van der Waals surface area contributed by atoms with Gasteiger partial charge >= 0.3 is 0 Å². The zero-order valence-corrected chi connectivity index (χ0v) is 12.2. The third-order valence-electron chi connectivity index (χ3n) is 3.20. The lowest BCUT2D eigenvalue weighted by atomic mass is 10.0. The van der Waals surface area contributed by atoms with Crippen LogP contribution in [0, 0.1) is 0 Å². The predicted octanol–water partition coefficient (Wildman–Crippen LogP) is 1.62. The molecule has 0 spiro atoms. The maximum Gasteiger partial charge on any atom is 0.263 e. The van der Waals surface area contributed by atoms with Crippen LogP contribution < -0.4 is 9.47 Å². The summed E-state index contributed by atoms with van der Waals surface area (Å²) < 4.78 is 20.4. The highest BCUT2D eigenvalue weighted by Crippen LogP contribution is 2.39. The normalized spacial score (nSPS) is 16.4. The van der Waals surface area contributed by atoms with Crippen LogP contribution in [0.3, 0.4) is 0 Å². The predicted molar refractivity (Wildman–Crippen MR) is 72.6 cm³/mol. The summed E-state index contributed by atoms with van der Waals surface area (Å²) >= 11 is 6.14. The number of aliphatic hydroxyl groups is 1. The second-order valence-corrected chi connectivity index (χ2v) is 5.05. The summed E-state index contributed by atoms with van der Waals surface area (Å²) in [5.41, 5.74) is -0.609. The maximum atomic E-state index is 10.1. The number of hydrogen-bond donors (Lipinski definition) is 1. The number of aromatic nitrogens is 2. The van der Waals surface area contributed by atoms with Crippen molar-refractivity contribution >= 4 is 11.6 Å². The van der Waals surface area contributed by atoms with E-state index in [1.165, 1.54) is 14.2 Å². The van der Waals surface area contributed by atoms with Crippen molar-refractivity contribution in [3.8, 4) is 22.9 Å². The zero-order chi connectivity index (χ0) is 15.0. The van der Waals surface area contributed by atoms with Gasteiger partial charge in [-0.3, -0.25) is 0 Å². The first kappa shape index (κ1) is 14.1. The molecule has 2 aromatic rings. The smallest absolute Gasteiger partial charge is 0.263 e. The van der Waals surface area contributed by atoms with Gasteiger partial charge in [-0.1, -0.05) is 16.8 Å². The van der Waals surface area contributed by atoms with Crippen LogP contribution in [0.1, 0.15) is 5.89 Å². The van der Waals surface area contributed by atoms with Crippen molar-refractivity contribution in [2.45, 2.75) is 5.60 Å². The lowest BCUT2D eigenvalue weighted by Crippen LogP contribution is -2.46. The lowest BCUT2D eigenvalue weighted by molar-refractivity contribution is -0.198. The third kappa shape index (κ3) is 2.33. The second kappa shape index (κ2) is 5.18. The molecule has 0 radical (unpaired) electrons. The quantitative estimate of drug-likeness (QED) is 0.918. The molecule has 112 valence electrons. The van der Waals surface area contributed by atoms with Gasteiger partial charge < -0.3 is 23.8 Å². The Balaban J connectivity index is 1.99. The topological polar surface area (TPSA) is 86.8 Å². The molecule has 0 saturated carbocycles. The van der Waals surface area contributed by atoms with Crippen LogP contribution in [0.15, 0.2) is 16.7 Å². The lowest BCUT2D eigenvalue weighted by Gasteiger charge is -2.32. The van der Waals surface area contributed by atoms with Crippen molar-refractivity contribution in [2.24, 2.45) is 0 Å². The van der Waals surface area contributed by atoms with Gasteiger partial charge in [0.25, 0.3) is 5.89 Å². The average molecular weight is 313 g/mol. The molecular formula is C13H13ClN2O5. The molecule has 21 heavy (non-hydrogen) atoms. The molecular weight excluding hydrogens is 300 g/mol. The van der Waals surface area contributed by atoms with Crippen molar-refractivity contribution in [3.05, 3.63) is 23.0 Å². The van der Waals surface area contributed by atoms with E-state index < -0.39 is 5.60 Å². The molecule has 8 heteroatoms. The Morgan fingerprint density at radius 1 is 1.29 bits per heavy atom. The summed E-state index contributed by atoms with van der Waals surface area (Å²) in [6.07, 6.45) is 0. The number of benzene rings is 1. The van der Waals surface area contributed by atoms with Gasteiger partial charge in [0.05, 0.1) is 32.5 Å². The van der Waals surface area contributed by atoms with Gasteiger partial charge in [0.1, 0.15) is 0 Å². The van der Waals surface area contributed by atoms with E-state index in [-0.39, 0.29) is 19.1 Å². The van der Waals surface area contributed by atoms with E-state index >= 15 is 0 Å². The highest BCUT2D eigenvalue weighted by Gasteiger charge is 2.43. The Kier molecular flexibility index (Phi) is 3.48. The maximum absolute atomic E-state index is 10.1. The molecule has 0 bridgehead atoms. The first-order valence-electron chi connectivity index (χ1n) is 6.13. The third-order valence-corrected chi connectivity index (χ3v) is 3.48. The Hall–Kier alpha value is -1.83. The second-order valence-electron chi connectivity index (χ2n) is 4.64. The first-order chi connectivity index (χ1) is 10.1. The van der Waals surface area contributed by atoms with Crippen molar-refractivity contribution in [3.63, 3.8) is 0 Å². The Bertz CT molecular complexity index is 669. The summed E-state index contributed by atoms with van der Waals surface area (Å²) in [5, 5.41) is 14.3. The van der Waals surface area contributed by atoms with E-state index in [1.54, 1.807) is 12.1 Å². The van der Waals surface area contributed by atoms with Crippen LogP contribution in [0.2, 0.25) is 5.02 Å². The highest BCUT2D eigenvalue weighted by molar-refractivity contribution is 6.32. The summed E-state index contributed by atoms with van der Waals surface area (Å²) in [7, 11) is 3.01. The fourth-order valence-corrected chi connectivity index (χ4v) is 2.28. The summed E-state index contributed by atoms with van der Waals surface area (Å²) in [6.45, 7) is 0.280. The minimum Gasteiger partial charge on any atom is -0.493 e. The summed E-state index contributed by atoms with van der Waals surface area (Å²) in [4.78, 5) is 4.18. The molecule has 2 heterocycles. The molecule has 1 aliphatic heterocycles. The molecule has 1 aliphatic rings. The highest BCUT2D eigenvalue weighted by atomic mass is 35.5. The van der Waals surface area contributed by atoms with Gasteiger partial charge in [0.2, 0.25) is 5.82 Å². The Morgan fingerprint density at radius 3 is 2.62 bits per heavy atom. The van der Waals surface area contributed by atoms with Crippen molar-refractivity contribution in [1.82, 2.24) is 10.1 Å². The summed E-state index contributed by atoms with van der Waals surface area (Å²) in [6, 6.07) is 3.32.